The maximum Gasteiger partial charge on any atom is 0.238 e. The zero-order valence-corrected chi connectivity index (χ0v) is 29.6. The van der Waals surface area contributed by atoms with Crippen LogP contribution in [0.5, 0.6) is 23.0 Å². The van der Waals surface area contributed by atoms with Gasteiger partial charge >= 0.3 is 0 Å². The Morgan fingerprint density at radius 2 is 1.33 bits per heavy atom. The Kier molecular flexibility index (Phi) is 12.5. The summed E-state index contributed by atoms with van der Waals surface area (Å²) in [6.45, 7) is 0.0674. The fourth-order valence-corrected chi connectivity index (χ4v) is 6.50. The molecule has 0 spiro atoms. The molecule has 20 heteroatoms. The molecule has 3 aliphatic rings. The van der Waals surface area contributed by atoms with Crippen LogP contribution in [0.4, 0.5) is 0 Å². The van der Waals surface area contributed by atoms with Gasteiger partial charge in [-0.2, -0.15) is 0 Å². The Labute approximate surface area is 311 Å². The van der Waals surface area contributed by atoms with E-state index in [2.05, 4.69) is 0 Å². The SMILES string of the molecule is COc1cc(OC)c2c(=O)c(O)c(-c3ccc(O[C@@H]4O[C@H](CO[C@@H]5O[C@@H](C)[C@H](O)[C@@H](O)[C@H]5O[C@@H]5O[C@H](CO)[C@@H](O)[C@H](O)[C@H]5O)[C@@H](O)[C@H](O)[C@H]4O)cc3)oc2c1. The highest BCUT2D eigenvalue weighted by Gasteiger charge is 2.51. The van der Waals surface area contributed by atoms with Crippen molar-refractivity contribution in [3.05, 3.63) is 46.6 Å². The van der Waals surface area contributed by atoms with Gasteiger partial charge in [0.1, 0.15) is 95.4 Å². The molecule has 0 radical (unpaired) electrons. The summed E-state index contributed by atoms with van der Waals surface area (Å²) < 4.78 is 50.4. The Morgan fingerprint density at radius 1 is 0.691 bits per heavy atom. The second kappa shape index (κ2) is 16.8. The van der Waals surface area contributed by atoms with Gasteiger partial charge in [-0.15, -0.1) is 0 Å². The molecule has 0 aliphatic carbocycles. The number of fused-ring (bicyclic) bond motifs is 1. The molecule has 3 aliphatic heterocycles. The lowest BCUT2D eigenvalue weighted by Crippen LogP contribution is -2.64. The first-order chi connectivity index (χ1) is 26.2. The van der Waals surface area contributed by atoms with Crippen LogP contribution in [0.15, 0.2) is 45.6 Å². The van der Waals surface area contributed by atoms with Gasteiger partial charge in [0.25, 0.3) is 0 Å². The summed E-state index contributed by atoms with van der Waals surface area (Å²) in [7, 11) is 2.77. The monoisotopic (exact) mass is 784 g/mol. The van der Waals surface area contributed by atoms with E-state index < -0.39 is 117 Å². The van der Waals surface area contributed by atoms with Crippen molar-refractivity contribution in [3.8, 4) is 34.3 Å². The zero-order valence-electron chi connectivity index (χ0n) is 29.6. The molecule has 6 rings (SSSR count). The lowest BCUT2D eigenvalue weighted by Gasteiger charge is -2.46. The number of aliphatic hydroxyl groups excluding tert-OH is 9. The van der Waals surface area contributed by atoms with Crippen molar-refractivity contribution in [1.82, 2.24) is 0 Å². The fourth-order valence-electron chi connectivity index (χ4n) is 6.50. The number of rotatable bonds is 11. The minimum absolute atomic E-state index is 0.00222. The second-order valence-electron chi connectivity index (χ2n) is 13.3. The molecule has 0 bridgehead atoms. The van der Waals surface area contributed by atoms with E-state index >= 15 is 0 Å². The average Bonchev–Trinajstić information content (AvgIpc) is 3.19. The van der Waals surface area contributed by atoms with E-state index in [1.165, 1.54) is 57.5 Å². The van der Waals surface area contributed by atoms with Gasteiger partial charge in [-0.1, -0.05) is 0 Å². The van der Waals surface area contributed by atoms with Crippen molar-refractivity contribution >= 4 is 11.0 Å². The Bertz CT molecular complexity index is 1820. The topological polar surface area (TPSA) is 306 Å². The molecule has 304 valence electrons. The summed E-state index contributed by atoms with van der Waals surface area (Å²) in [4.78, 5) is 13.1. The summed E-state index contributed by atoms with van der Waals surface area (Å²) in [5, 5.41) is 105. The molecule has 3 fully saturated rings. The highest BCUT2D eigenvalue weighted by atomic mass is 16.8. The lowest BCUT2D eigenvalue weighted by molar-refractivity contribution is -0.369. The van der Waals surface area contributed by atoms with E-state index in [9.17, 15) is 55.9 Å². The van der Waals surface area contributed by atoms with Crippen LogP contribution in [0, 0.1) is 0 Å². The first-order valence-corrected chi connectivity index (χ1v) is 17.2. The molecule has 15 atom stereocenters. The predicted octanol–water partition coefficient (Wildman–Crippen LogP) is -2.96. The minimum atomic E-state index is -1.86. The lowest BCUT2D eigenvalue weighted by atomic mass is 9.97. The number of aromatic hydroxyl groups is 1. The van der Waals surface area contributed by atoms with Crippen LogP contribution in [0.1, 0.15) is 6.92 Å². The summed E-state index contributed by atoms with van der Waals surface area (Å²) in [5.41, 5.74) is -0.410. The van der Waals surface area contributed by atoms with Crippen molar-refractivity contribution in [2.24, 2.45) is 0 Å². The van der Waals surface area contributed by atoms with E-state index in [0.29, 0.717) is 5.75 Å². The van der Waals surface area contributed by atoms with Crippen LogP contribution in [-0.2, 0) is 23.7 Å². The molecule has 55 heavy (non-hydrogen) atoms. The highest BCUT2D eigenvalue weighted by Crippen LogP contribution is 2.37. The van der Waals surface area contributed by atoms with Crippen molar-refractivity contribution in [2.75, 3.05) is 27.4 Å². The minimum Gasteiger partial charge on any atom is -0.502 e. The predicted molar refractivity (Wildman–Crippen MR) is 181 cm³/mol. The second-order valence-corrected chi connectivity index (χ2v) is 13.3. The molecular weight excluding hydrogens is 740 g/mol. The van der Waals surface area contributed by atoms with Gasteiger partial charge in [-0.05, 0) is 31.2 Å². The number of aliphatic hydroxyl groups is 9. The molecule has 0 unspecified atom stereocenters. The first kappa shape index (κ1) is 40.9. The quantitative estimate of drug-likeness (QED) is 0.0929. The number of methoxy groups -OCH3 is 2. The van der Waals surface area contributed by atoms with Gasteiger partial charge in [-0.25, -0.2) is 0 Å². The van der Waals surface area contributed by atoms with Crippen molar-refractivity contribution < 1.29 is 93.4 Å². The van der Waals surface area contributed by atoms with Gasteiger partial charge in [0, 0.05) is 17.7 Å². The summed E-state index contributed by atoms with van der Waals surface area (Å²) in [5.74, 6) is -0.302. The van der Waals surface area contributed by atoms with E-state index in [1.54, 1.807) is 0 Å². The van der Waals surface area contributed by atoms with E-state index in [-0.39, 0.29) is 33.8 Å². The van der Waals surface area contributed by atoms with Crippen LogP contribution in [0.25, 0.3) is 22.3 Å². The number of hydrogen-bond donors (Lipinski definition) is 10. The van der Waals surface area contributed by atoms with E-state index in [4.69, 9.17) is 42.3 Å². The summed E-state index contributed by atoms with van der Waals surface area (Å²) in [6, 6.07) is 8.60. The van der Waals surface area contributed by atoms with E-state index in [0.717, 1.165) is 0 Å². The molecule has 0 saturated carbocycles. The van der Waals surface area contributed by atoms with Crippen LogP contribution < -0.4 is 19.6 Å². The van der Waals surface area contributed by atoms with Crippen molar-refractivity contribution in [2.45, 2.75) is 99.0 Å². The smallest absolute Gasteiger partial charge is 0.238 e. The number of hydrogen-bond acceptors (Lipinski definition) is 20. The molecule has 1 aromatic heterocycles. The Morgan fingerprint density at radius 3 is 1.96 bits per heavy atom. The highest BCUT2D eigenvalue weighted by molar-refractivity contribution is 5.88. The van der Waals surface area contributed by atoms with Crippen LogP contribution in [0.3, 0.4) is 0 Å². The third kappa shape index (κ3) is 7.97. The molecule has 4 heterocycles. The molecule has 20 nitrogen and oxygen atoms in total. The molecule has 10 N–H and O–H groups in total. The van der Waals surface area contributed by atoms with E-state index in [1.807, 2.05) is 0 Å². The first-order valence-electron chi connectivity index (χ1n) is 17.2. The summed E-state index contributed by atoms with van der Waals surface area (Å²) >= 11 is 0. The van der Waals surface area contributed by atoms with Gasteiger partial charge in [-0.3, -0.25) is 4.79 Å². The van der Waals surface area contributed by atoms with Gasteiger partial charge < -0.3 is 93.4 Å². The fraction of sp³-hybridized carbons (Fsp3) is 0.571. The molecular formula is C35H44O20. The van der Waals surface area contributed by atoms with Gasteiger partial charge in [0.05, 0.1) is 33.5 Å². The molecule has 3 saturated heterocycles. The standard InChI is InChI=1S/C35H44O20/c1-12-21(37)27(43)32(55-34-30(46)25(41)22(38)18(10-36)53-34)35(50-12)49-11-19-23(39)26(42)29(45)33(54-19)51-14-6-4-13(5-7-14)31-28(44)24(40)20-16(48-3)8-15(47-2)9-17(20)52-31/h4-9,12,18-19,21-23,25-27,29-30,32-39,41-46H,10-11H2,1-3H3/t12-,18+,19+,21-,22+,23+,25-,26-,27+,29+,30+,32+,33+,34-,35+/m0/s1. The van der Waals surface area contributed by atoms with Crippen molar-refractivity contribution in [1.29, 1.82) is 0 Å². The molecule has 3 aromatic rings. The maximum atomic E-state index is 13.1. The van der Waals surface area contributed by atoms with Gasteiger partial charge in [0.15, 0.2) is 18.3 Å². The third-order valence-corrected chi connectivity index (χ3v) is 9.75. The molecule has 2 aromatic carbocycles. The van der Waals surface area contributed by atoms with Crippen LogP contribution >= 0.6 is 0 Å². The van der Waals surface area contributed by atoms with Crippen LogP contribution in [0.2, 0.25) is 0 Å². The van der Waals surface area contributed by atoms with Crippen LogP contribution in [-0.4, -0.2) is 171 Å². The average molecular weight is 785 g/mol. The largest absolute Gasteiger partial charge is 0.502 e. The number of benzene rings is 2. The third-order valence-electron chi connectivity index (χ3n) is 9.75. The number of ether oxygens (including phenoxy) is 8. The van der Waals surface area contributed by atoms with Crippen molar-refractivity contribution in [3.63, 3.8) is 0 Å². The Hall–Kier alpha value is -3.71. The molecule has 0 amide bonds. The summed E-state index contributed by atoms with van der Waals surface area (Å²) in [6.07, 6.45) is -24.2. The zero-order chi connectivity index (χ0) is 39.9. The van der Waals surface area contributed by atoms with Gasteiger partial charge in [0.2, 0.25) is 17.5 Å². The normalized spacial score (nSPS) is 36.8. The Balaban J connectivity index is 1.16. The maximum absolute atomic E-state index is 13.1.